The Morgan fingerprint density at radius 1 is 1.10 bits per heavy atom. The highest BCUT2D eigenvalue weighted by Crippen LogP contribution is 2.10. The van der Waals surface area contributed by atoms with Gasteiger partial charge < -0.3 is 0 Å². The highest BCUT2D eigenvalue weighted by atomic mass is 32.2. The first-order chi connectivity index (χ1) is 4.85. The summed E-state index contributed by atoms with van der Waals surface area (Å²) in [6.45, 7) is 9.18. The van der Waals surface area contributed by atoms with Crippen molar-refractivity contribution in [1.82, 2.24) is 4.31 Å². The molecule has 2 heteroatoms. The Bertz CT molecular complexity index is 62.3. The molecular weight excluding hydrogens is 142 g/mol. The van der Waals surface area contributed by atoms with Gasteiger partial charge in [-0.15, -0.1) is 0 Å². The first kappa shape index (κ1) is 10.3. The summed E-state index contributed by atoms with van der Waals surface area (Å²) in [5.74, 6) is 1.40. The molecule has 0 aliphatic carbocycles. The highest BCUT2D eigenvalue weighted by Gasteiger charge is 1.93. The van der Waals surface area contributed by atoms with Crippen LogP contribution < -0.4 is 0 Å². The Kier molecular flexibility index (Phi) is 7.65. The van der Waals surface area contributed by atoms with E-state index < -0.39 is 0 Å². The minimum absolute atomic E-state index is 1.06. The molecule has 0 aromatic heterocycles. The van der Waals surface area contributed by atoms with Crippen molar-refractivity contribution < 1.29 is 0 Å². The Labute approximate surface area is 69.3 Å². The molecule has 0 rings (SSSR count). The predicted octanol–water partition coefficient (Wildman–Crippen LogP) is 2.24. The number of rotatable bonds is 6. The van der Waals surface area contributed by atoms with Crippen molar-refractivity contribution in [1.29, 1.82) is 0 Å². The van der Waals surface area contributed by atoms with Crippen molar-refractivity contribution >= 4 is 11.9 Å². The lowest BCUT2D eigenvalue weighted by Gasteiger charge is -2.19. The molecule has 0 aliphatic heterocycles. The minimum Gasteiger partial charge on any atom is -0.273 e. The molecule has 0 saturated carbocycles. The monoisotopic (exact) mass is 163 g/mol. The zero-order chi connectivity index (χ0) is 7.82. The molecule has 0 spiro atoms. The van der Waals surface area contributed by atoms with E-state index in [1.165, 1.54) is 31.7 Å². The molecule has 0 aromatic rings. The standard InChI is InChI=1S/C8H21NS/c1-4-7-8-10-9(5-2)6-3/h4-8,10H2,1-3H3. The molecule has 1 nitrogen and oxygen atoms in total. The van der Waals surface area contributed by atoms with Gasteiger partial charge in [-0.25, -0.2) is 11.9 Å². The average Bonchev–Trinajstić information content (AvgIpc) is 1.99. The molecule has 64 valence electrons. The summed E-state index contributed by atoms with van der Waals surface area (Å²) in [6, 6.07) is 0. The van der Waals surface area contributed by atoms with Gasteiger partial charge in [-0.3, -0.25) is 4.31 Å². The molecule has 0 aromatic carbocycles. The van der Waals surface area contributed by atoms with Gasteiger partial charge in [-0.05, 0) is 12.2 Å². The second-order valence-corrected chi connectivity index (χ2v) is 3.88. The zero-order valence-electron chi connectivity index (χ0n) is 7.48. The largest absolute Gasteiger partial charge is 0.273 e. The summed E-state index contributed by atoms with van der Waals surface area (Å²) >= 11 is 1.06. The number of hydrogen-bond acceptors (Lipinski definition) is 1. The van der Waals surface area contributed by atoms with Crippen molar-refractivity contribution in [2.45, 2.75) is 33.6 Å². The van der Waals surface area contributed by atoms with Gasteiger partial charge in [0.1, 0.15) is 0 Å². The van der Waals surface area contributed by atoms with Gasteiger partial charge in [-0.1, -0.05) is 27.2 Å². The topological polar surface area (TPSA) is 3.24 Å². The van der Waals surface area contributed by atoms with E-state index in [4.69, 9.17) is 0 Å². The van der Waals surface area contributed by atoms with E-state index in [1.54, 1.807) is 0 Å². The van der Waals surface area contributed by atoms with Gasteiger partial charge in [0.05, 0.1) is 0 Å². The lowest BCUT2D eigenvalue weighted by atomic mass is 10.4. The molecule has 0 amide bonds. The van der Waals surface area contributed by atoms with Crippen LogP contribution in [-0.4, -0.2) is 23.1 Å². The molecular formula is C8H21NS. The number of hydrogen-bond donors (Lipinski definition) is 0. The molecule has 0 unspecified atom stereocenters. The Balaban J connectivity index is 3.09. The maximum absolute atomic E-state index is 2.51. The fourth-order valence-corrected chi connectivity index (χ4v) is 2.14. The van der Waals surface area contributed by atoms with Gasteiger partial charge >= 0.3 is 0 Å². The average molecular weight is 163 g/mol. The smallest absolute Gasteiger partial charge is 0.00407 e. The second-order valence-electron chi connectivity index (χ2n) is 2.43. The van der Waals surface area contributed by atoms with Crippen molar-refractivity contribution in [3.63, 3.8) is 0 Å². The predicted molar refractivity (Wildman–Crippen MR) is 53.1 cm³/mol. The van der Waals surface area contributed by atoms with Crippen LogP contribution in [0.25, 0.3) is 0 Å². The lowest BCUT2D eigenvalue weighted by molar-refractivity contribution is 0.524. The molecule has 0 bridgehead atoms. The Hall–Kier alpha value is 0.310. The Morgan fingerprint density at radius 3 is 2.10 bits per heavy atom. The van der Waals surface area contributed by atoms with Crippen LogP contribution >= 0.6 is 11.9 Å². The van der Waals surface area contributed by atoms with Gasteiger partial charge in [0.2, 0.25) is 0 Å². The van der Waals surface area contributed by atoms with Crippen LogP contribution in [-0.2, 0) is 0 Å². The van der Waals surface area contributed by atoms with Crippen molar-refractivity contribution in [3.05, 3.63) is 0 Å². The van der Waals surface area contributed by atoms with E-state index in [0.29, 0.717) is 0 Å². The van der Waals surface area contributed by atoms with Crippen molar-refractivity contribution in [2.75, 3.05) is 18.8 Å². The van der Waals surface area contributed by atoms with Crippen LogP contribution in [0.1, 0.15) is 33.6 Å². The normalized spacial score (nSPS) is 12.8. The maximum atomic E-state index is 2.51. The molecule has 0 saturated heterocycles. The molecule has 0 aliphatic rings. The summed E-state index contributed by atoms with van der Waals surface area (Å²) < 4.78 is 2.51. The van der Waals surface area contributed by atoms with Gasteiger partial charge in [0.25, 0.3) is 0 Å². The molecule has 0 N–H and O–H groups in total. The first-order valence-electron chi connectivity index (χ1n) is 4.33. The number of nitrogens with zero attached hydrogens (tertiary/aromatic N) is 1. The third-order valence-electron chi connectivity index (χ3n) is 1.63. The van der Waals surface area contributed by atoms with Crippen LogP contribution in [0.3, 0.4) is 0 Å². The van der Waals surface area contributed by atoms with Crippen LogP contribution in [0.5, 0.6) is 0 Å². The molecule has 0 heterocycles. The van der Waals surface area contributed by atoms with Crippen LogP contribution in [0.2, 0.25) is 0 Å². The minimum atomic E-state index is 1.06. The second kappa shape index (κ2) is 7.42. The van der Waals surface area contributed by atoms with Crippen LogP contribution in [0, 0.1) is 0 Å². The molecule has 10 heavy (non-hydrogen) atoms. The van der Waals surface area contributed by atoms with E-state index in [1.807, 2.05) is 0 Å². The van der Waals surface area contributed by atoms with Gasteiger partial charge in [-0.2, -0.15) is 0 Å². The van der Waals surface area contributed by atoms with Gasteiger partial charge in [0, 0.05) is 13.1 Å². The SMILES string of the molecule is CCCC[SH2]N(CC)CC. The summed E-state index contributed by atoms with van der Waals surface area (Å²) in [5, 5.41) is 0. The van der Waals surface area contributed by atoms with E-state index in [0.717, 1.165) is 11.9 Å². The molecule has 0 fully saturated rings. The van der Waals surface area contributed by atoms with Crippen molar-refractivity contribution in [3.8, 4) is 0 Å². The number of unbranched alkanes of at least 4 members (excludes halogenated alkanes) is 1. The fourth-order valence-electron chi connectivity index (χ4n) is 0.861. The summed E-state index contributed by atoms with van der Waals surface area (Å²) in [5.41, 5.74) is 0. The van der Waals surface area contributed by atoms with E-state index in [2.05, 4.69) is 25.1 Å². The Morgan fingerprint density at radius 2 is 1.70 bits per heavy atom. The first-order valence-corrected chi connectivity index (χ1v) is 5.49. The summed E-state index contributed by atoms with van der Waals surface area (Å²) in [4.78, 5) is 0. The van der Waals surface area contributed by atoms with Crippen LogP contribution in [0.4, 0.5) is 0 Å². The third kappa shape index (κ3) is 5.12. The summed E-state index contributed by atoms with van der Waals surface area (Å²) in [6.07, 6.45) is 2.74. The lowest BCUT2D eigenvalue weighted by Crippen LogP contribution is -2.14. The molecule has 0 atom stereocenters. The van der Waals surface area contributed by atoms with Gasteiger partial charge in [0.15, 0.2) is 0 Å². The van der Waals surface area contributed by atoms with E-state index >= 15 is 0 Å². The fraction of sp³-hybridized carbons (Fsp3) is 1.00. The van der Waals surface area contributed by atoms with E-state index in [9.17, 15) is 0 Å². The highest BCUT2D eigenvalue weighted by molar-refractivity contribution is 7.97. The quantitative estimate of drug-likeness (QED) is 0.543. The molecule has 0 radical (unpaired) electrons. The summed E-state index contributed by atoms with van der Waals surface area (Å²) in [7, 11) is 0. The third-order valence-corrected chi connectivity index (χ3v) is 3.29. The van der Waals surface area contributed by atoms with Crippen LogP contribution in [0.15, 0.2) is 0 Å². The zero-order valence-corrected chi connectivity index (χ0v) is 8.48. The van der Waals surface area contributed by atoms with Crippen molar-refractivity contribution in [2.24, 2.45) is 0 Å². The van der Waals surface area contributed by atoms with E-state index in [-0.39, 0.29) is 0 Å². The maximum Gasteiger partial charge on any atom is 0.00407 e.